The molecular weight excluding hydrogens is 219 g/mol. The summed E-state index contributed by atoms with van der Waals surface area (Å²) < 4.78 is 12.9. The average Bonchev–Trinajstić information content (AvgIpc) is 2.30. The smallest absolute Gasteiger partial charge is 0.236 e. The number of aryl methyl sites for hydroxylation is 1. The van der Waals surface area contributed by atoms with Gasteiger partial charge in [0.05, 0.1) is 6.54 Å². The minimum absolute atomic E-state index is 0.149. The maximum absolute atomic E-state index is 12.9. The van der Waals surface area contributed by atoms with Gasteiger partial charge in [0, 0.05) is 19.6 Å². The number of benzene rings is 1. The fourth-order valence-electron chi connectivity index (χ4n) is 2.08. The van der Waals surface area contributed by atoms with Crippen molar-refractivity contribution >= 4 is 5.91 Å². The molecule has 2 rings (SSSR count). The van der Waals surface area contributed by atoms with Crippen LogP contribution in [0.25, 0.3) is 0 Å². The molecule has 1 N–H and O–H groups in total. The Bertz CT molecular complexity index is 420. The van der Waals surface area contributed by atoms with Gasteiger partial charge in [-0.05, 0) is 36.6 Å². The van der Waals surface area contributed by atoms with Gasteiger partial charge in [0.25, 0.3) is 0 Å². The van der Waals surface area contributed by atoms with E-state index < -0.39 is 0 Å². The molecule has 0 unspecified atom stereocenters. The molecule has 4 heteroatoms. The summed E-state index contributed by atoms with van der Waals surface area (Å²) in [6.45, 7) is 4.67. The molecule has 0 radical (unpaired) electrons. The summed E-state index contributed by atoms with van der Waals surface area (Å²) in [5, 5.41) is 3.04. The van der Waals surface area contributed by atoms with Crippen molar-refractivity contribution in [1.29, 1.82) is 0 Å². The molecule has 0 aromatic heterocycles. The third-order valence-electron chi connectivity index (χ3n) is 3.14. The van der Waals surface area contributed by atoms with Crippen molar-refractivity contribution in [3.63, 3.8) is 0 Å². The van der Waals surface area contributed by atoms with Crippen LogP contribution >= 0.6 is 0 Å². The first kappa shape index (κ1) is 12.0. The van der Waals surface area contributed by atoms with E-state index in [2.05, 4.69) is 5.32 Å². The minimum Gasteiger partial charge on any atom is -0.340 e. The molecule has 1 aliphatic heterocycles. The summed E-state index contributed by atoms with van der Waals surface area (Å²) in [7, 11) is 0. The van der Waals surface area contributed by atoms with E-state index in [-0.39, 0.29) is 11.7 Å². The predicted molar refractivity (Wildman–Crippen MR) is 64.3 cm³/mol. The number of carbonyl (C=O) groups is 1. The van der Waals surface area contributed by atoms with Gasteiger partial charge in [0.2, 0.25) is 5.91 Å². The summed E-state index contributed by atoms with van der Waals surface area (Å²) in [5.74, 6) is -0.0551. The van der Waals surface area contributed by atoms with Gasteiger partial charge in [0.1, 0.15) is 5.82 Å². The Morgan fingerprint density at radius 3 is 3.00 bits per heavy atom. The van der Waals surface area contributed by atoms with Crippen LogP contribution in [0.1, 0.15) is 11.1 Å². The van der Waals surface area contributed by atoms with Gasteiger partial charge in [0.15, 0.2) is 0 Å². The second-order valence-corrected chi connectivity index (χ2v) is 4.38. The molecule has 1 aromatic carbocycles. The van der Waals surface area contributed by atoms with Crippen LogP contribution in [0.2, 0.25) is 0 Å². The molecule has 0 spiro atoms. The van der Waals surface area contributed by atoms with Crippen molar-refractivity contribution in [2.45, 2.75) is 13.3 Å². The first-order valence-electron chi connectivity index (χ1n) is 5.90. The molecule has 1 heterocycles. The lowest BCUT2D eigenvalue weighted by atomic mass is 10.1. The highest BCUT2D eigenvalue weighted by Gasteiger charge is 2.17. The highest BCUT2D eigenvalue weighted by molar-refractivity contribution is 5.78. The maximum Gasteiger partial charge on any atom is 0.236 e. The lowest BCUT2D eigenvalue weighted by Gasteiger charge is -2.27. The van der Waals surface area contributed by atoms with Gasteiger partial charge in [-0.25, -0.2) is 4.39 Å². The lowest BCUT2D eigenvalue weighted by molar-refractivity contribution is -0.131. The quantitative estimate of drug-likeness (QED) is 0.852. The van der Waals surface area contributed by atoms with Gasteiger partial charge in [-0.1, -0.05) is 6.07 Å². The van der Waals surface area contributed by atoms with E-state index >= 15 is 0 Å². The standard InChI is InChI=1S/C13H17FN2O/c1-10-8-12(14)3-2-11(10)4-6-16-7-5-15-9-13(16)17/h2-3,8,15H,4-7,9H2,1H3. The maximum atomic E-state index is 12.9. The van der Waals surface area contributed by atoms with Crippen molar-refractivity contribution in [1.82, 2.24) is 10.2 Å². The topological polar surface area (TPSA) is 32.3 Å². The van der Waals surface area contributed by atoms with Crippen LogP contribution in [0, 0.1) is 12.7 Å². The van der Waals surface area contributed by atoms with E-state index in [0.717, 1.165) is 30.6 Å². The second kappa shape index (κ2) is 5.27. The molecule has 0 saturated carbocycles. The number of hydrogen-bond acceptors (Lipinski definition) is 2. The number of hydrogen-bond donors (Lipinski definition) is 1. The Morgan fingerprint density at radius 1 is 1.47 bits per heavy atom. The number of piperazine rings is 1. The molecule has 1 saturated heterocycles. The average molecular weight is 236 g/mol. The van der Waals surface area contributed by atoms with Crippen LogP contribution in [-0.2, 0) is 11.2 Å². The second-order valence-electron chi connectivity index (χ2n) is 4.38. The first-order valence-corrected chi connectivity index (χ1v) is 5.90. The molecular formula is C13H17FN2O. The van der Waals surface area contributed by atoms with E-state index in [1.165, 1.54) is 12.1 Å². The molecule has 92 valence electrons. The molecule has 1 amide bonds. The number of halogens is 1. The van der Waals surface area contributed by atoms with Crippen LogP contribution in [0.5, 0.6) is 0 Å². The van der Waals surface area contributed by atoms with Crippen molar-refractivity contribution in [2.24, 2.45) is 0 Å². The zero-order valence-electron chi connectivity index (χ0n) is 10.0. The Hall–Kier alpha value is -1.42. The van der Waals surface area contributed by atoms with Gasteiger partial charge < -0.3 is 10.2 Å². The molecule has 17 heavy (non-hydrogen) atoms. The number of amides is 1. The summed E-state index contributed by atoms with van der Waals surface area (Å²) >= 11 is 0. The summed E-state index contributed by atoms with van der Waals surface area (Å²) in [6, 6.07) is 4.81. The third kappa shape index (κ3) is 3.03. The molecule has 0 aliphatic carbocycles. The van der Waals surface area contributed by atoms with Crippen molar-refractivity contribution in [3.05, 3.63) is 35.1 Å². The van der Waals surface area contributed by atoms with Gasteiger partial charge >= 0.3 is 0 Å². The van der Waals surface area contributed by atoms with E-state index in [0.29, 0.717) is 13.1 Å². The zero-order chi connectivity index (χ0) is 12.3. The third-order valence-corrected chi connectivity index (χ3v) is 3.14. The summed E-state index contributed by atoms with van der Waals surface area (Å²) in [5.41, 5.74) is 2.06. The highest BCUT2D eigenvalue weighted by atomic mass is 19.1. The SMILES string of the molecule is Cc1cc(F)ccc1CCN1CCNCC1=O. The summed E-state index contributed by atoms with van der Waals surface area (Å²) in [4.78, 5) is 13.4. The Balaban J connectivity index is 1.95. The highest BCUT2D eigenvalue weighted by Crippen LogP contribution is 2.11. The largest absolute Gasteiger partial charge is 0.340 e. The lowest BCUT2D eigenvalue weighted by Crippen LogP contribution is -2.48. The Morgan fingerprint density at radius 2 is 2.29 bits per heavy atom. The predicted octanol–water partition coefficient (Wildman–Crippen LogP) is 1.11. The first-order chi connectivity index (χ1) is 8.16. The van der Waals surface area contributed by atoms with E-state index in [1.54, 1.807) is 6.07 Å². The molecule has 0 atom stereocenters. The fraction of sp³-hybridized carbons (Fsp3) is 0.462. The van der Waals surface area contributed by atoms with Crippen LogP contribution in [0.3, 0.4) is 0 Å². The Labute approximate surface area is 101 Å². The molecule has 1 aliphatic rings. The van der Waals surface area contributed by atoms with Gasteiger partial charge in [-0.3, -0.25) is 4.79 Å². The molecule has 0 bridgehead atoms. The number of nitrogens with one attached hydrogen (secondary N) is 1. The zero-order valence-corrected chi connectivity index (χ0v) is 10.0. The molecule has 1 fully saturated rings. The van der Waals surface area contributed by atoms with Crippen molar-refractivity contribution < 1.29 is 9.18 Å². The van der Waals surface area contributed by atoms with Crippen LogP contribution < -0.4 is 5.32 Å². The van der Waals surface area contributed by atoms with E-state index in [9.17, 15) is 9.18 Å². The van der Waals surface area contributed by atoms with Gasteiger partial charge in [-0.15, -0.1) is 0 Å². The Kier molecular flexibility index (Phi) is 3.74. The number of nitrogens with zero attached hydrogens (tertiary/aromatic N) is 1. The normalized spacial score (nSPS) is 16.4. The van der Waals surface area contributed by atoms with Crippen LogP contribution in [-0.4, -0.2) is 37.0 Å². The monoisotopic (exact) mass is 236 g/mol. The number of rotatable bonds is 3. The van der Waals surface area contributed by atoms with Crippen LogP contribution in [0.4, 0.5) is 4.39 Å². The fourth-order valence-corrected chi connectivity index (χ4v) is 2.08. The van der Waals surface area contributed by atoms with Crippen molar-refractivity contribution in [2.75, 3.05) is 26.2 Å². The molecule has 1 aromatic rings. The minimum atomic E-state index is -0.204. The van der Waals surface area contributed by atoms with Gasteiger partial charge in [-0.2, -0.15) is 0 Å². The van der Waals surface area contributed by atoms with Crippen molar-refractivity contribution in [3.8, 4) is 0 Å². The summed E-state index contributed by atoms with van der Waals surface area (Å²) in [6.07, 6.45) is 0.790. The molecule has 3 nitrogen and oxygen atoms in total. The number of carbonyl (C=O) groups excluding carboxylic acids is 1. The van der Waals surface area contributed by atoms with Crippen LogP contribution in [0.15, 0.2) is 18.2 Å². The van der Waals surface area contributed by atoms with E-state index in [4.69, 9.17) is 0 Å². The van der Waals surface area contributed by atoms with E-state index in [1.807, 2.05) is 11.8 Å².